The molecule has 1 aliphatic rings. The van der Waals surface area contributed by atoms with Crippen molar-refractivity contribution in [3.8, 4) is 34.5 Å². The van der Waals surface area contributed by atoms with Gasteiger partial charge in [0, 0.05) is 18.7 Å². The Hall–Kier alpha value is -3.38. The van der Waals surface area contributed by atoms with Gasteiger partial charge in [-0.15, -0.1) is 0 Å². The van der Waals surface area contributed by atoms with Crippen LogP contribution in [-0.4, -0.2) is 33.4 Å². The quantitative estimate of drug-likeness (QED) is 0.480. The monoisotopic (exact) mass is 420 g/mol. The first-order valence-corrected chi connectivity index (χ1v) is 10.5. The lowest BCUT2D eigenvalue weighted by Gasteiger charge is -2.17. The van der Waals surface area contributed by atoms with Crippen LogP contribution in [0.4, 0.5) is 5.69 Å². The Balaban J connectivity index is 1.53. The average molecular weight is 421 g/mol. The van der Waals surface area contributed by atoms with Crippen molar-refractivity contribution >= 4 is 5.69 Å². The minimum Gasteiger partial charge on any atom is -0.497 e. The summed E-state index contributed by atoms with van der Waals surface area (Å²) in [6.45, 7) is 1.92. The summed E-state index contributed by atoms with van der Waals surface area (Å²) in [5.41, 5.74) is 0.923. The second-order valence-corrected chi connectivity index (χ2v) is 7.39. The van der Waals surface area contributed by atoms with Crippen molar-refractivity contribution in [2.75, 3.05) is 32.6 Å². The van der Waals surface area contributed by atoms with E-state index in [1.54, 1.807) is 14.2 Å². The Bertz CT molecular complexity index is 968. The van der Waals surface area contributed by atoms with E-state index in [1.165, 1.54) is 12.8 Å². The van der Waals surface area contributed by atoms with Gasteiger partial charge in [-0.3, -0.25) is 0 Å². The van der Waals surface area contributed by atoms with Gasteiger partial charge >= 0.3 is 0 Å². The summed E-state index contributed by atoms with van der Waals surface area (Å²) < 4.78 is 22.7. The molecule has 0 saturated carbocycles. The number of anilines is 1. The number of benzene rings is 3. The third kappa shape index (κ3) is 5.61. The molecule has 31 heavy (non-hydrogen) atoms. The second-order valence-electron chi connectivity index (χ2n) is 7.39. The molecule has 0 radical (unpaired) electrons. The molecule has 3 aromatic rings. The normalized spacial score (nSPS) is 15.4. The van der Waals surface area contributed by atoms with Crippen molar-refractivity contribution in [2.24, 2.45) is 0 Å². The van der Waals surface area contributed by atoms with Gasteiger partial charge in [0.15, 0.2) is 5.75 Å². The minimum atomic E-state index is 0.476. The fourth-order valence-corrected chi connectivity index (χ4v) is 3.51. The molecular formula is C25H28N2O4. The molecule has 3 aromatic carbocycles. The summed E-state index contributed by atoms with van der Waals surface area (Å²) in [6, 6.07) is 21.3. The van der Waals surface area contributed by atoms with Crippen LogP contribution < -0.4 is 29.6 Å². The average Bonchev–Trinajstić information content (AvgIpc) is 3.33. The molecule has 0 aliphatic carbocycles. The number of rotatable bonds is 9. The summed E-state index contributed by atoms with van der Waals surface area (Å²) >= 11 is 0. The van der Waals surface area contributed by atoms with Crippen LogP contribution in [0.1, 0.15) is 12.8 Å². The fourth-order valence-electron chi connectivity index (χ4n) is 3.51. The molecule has 2 N–H and O–H groups in total. The van der Waals surface area contributed by atoms with Crippen molar-refractivity contribution in [3.63, 3.8) is 0 Å². The number of hydrogen-bond acceptors (Lipinski definition) is 6. The van der Waals surface area contributed by atoms with Crippen molar-refractivity contribution in [3.05, 3.63) is 66.7 Å². The fraction of sp³-hybridized carbons (Fsp3) is 0.280. The molecule has 1 fully saturated rings. The first kappa shape index (κ1) is 20.9. The van der Waals surface area contributed by atoms with E-state index in [-0.39, 0.29) is 0 Å². The standard InChI is InChI=1S/C25H28N2O4/c1-28-19-5-9-21(10-6-19)30-23-13-14-24(27-17-18-4-3-15-26-18)25(16-23)31-22-11-7-20(29-2)8-12-22/h5-14,16,18,26-27H,3-4,15,17H2,1-2H3/t18-/m0/s1. The van der Waals surface area contributed by atoms with Gasteiger partial charge in [0.25, 0.3) is 0 Å². The van der Waals surface area contributed by atoms with Crippen LogP contribution in [0.15, 0.2) is 66.7 Å². The van der Waals surface area contributed by atoms with Crippen LogP contribution in [0.3, 0.4) is 0 Å². The van der Waals surface area contributed by atoms with Crippen LogP contribution in [0.2, 0.25) is 0 Å². The largest absolute Gasteiger partial charge is 0.497 e. The first-order chi connectivity index (χ1) is 15.2. The van der Waals surface area contributed by atoms with Gasteiger partial charge in [0.1, 0.15) is 28.7 Å². The Morgan fingerprint density at radius 3 is 1.94 bits per heavy atom. The lowest BCUT2D eigenvalue weighted by Crippen LogP contribution is -2.29. The smallest absolute Gasteiger partial charge is 0.154 e. The van der Waals surface area contributed by atoms with E-state index in [0.29, 0.717) is 17.5 Å². The van der Waals surface area contributed by atoms with Gasteiger partial charge in [0.2, 0.25) is 0 Å². The molecule has 1 aliphatic heterocycles. The highest BCUT2D eigenvalue weighted by atomic mass is 16.5. The van der Waals surface area contributed by atoms with Crippen LogP contribution in [0.25, 0.3) is 0 Å². The van der Waals surface area contributed by atoms with Gasteiger partial charge in [-0.2, -0.15) is 0 Å². The van der Waals surface area contributed by atoms with E-state index in [4.69, 9.17) is 18.9 Å². The van der Waals surface area contributed by atoms with Gasteiger partial charge < -0.3 is 29.6 Å². The lowest BCUT2D eigenvalue weighted by atomic mass is 10.2. The summed E-state index contributed by atoms with van der Waals surface area (Å²) in [6.07, 6.45) is 2.40. The summed E-state index contributed by atoms with van der Waals surface area (Å²) in [4.78, 5) is 0. The molecule has 0 amide bonds. The molecule has 0 aromatic heterocycles. The highest BCUT2D eigenvalue weighted by Crippen LogP contribution is 2.36. The van der Waals surface area contributed by atoms with Crippen molar-refractivity contribution in [1.82, 2.24) is 5.32 Å². The molecule has 0 unspecified atom stereocenters. The third-order valence-electron chi connectivity index (χ3n) is 5.24. The van der Waals surface area contributed by atoms with Crippen LogP contribution in [0, 0.1) is 0 Å². The summed E-state index contributed by atoms with van der Waals surface area (Å²) in [5.74, 6) is 4.43. The van der Waals surface area contributed by atoms with Crippen molar-refractivity contribution in [2.45, 2.75) is 18.9 Å². The Kier molecular flexibility index (Phi) is 6.79. The zero-order chi connectivity index (χ0) is 21.5. The molecule has 1 heterocycles. The van der Waals surface area contributed by atoms with E-state index >= 15 is 0 Å². The summed E-state index contributed by atoms with van der Waals surface area (Å²) in [5, 5.41) is 7.03. The van der Waals surface area contributed by atoms with Gasteiger partial charge in [-0.25, -0.2) is 0 Å². The summed E-state index contributed by atoms with van der Waals surface area (Å²) in [7, 11) is 3.29. The molecular weight excluding hydrogens is 392 g/mol. The SMILES string of the molecule is COc1ccc(Oc2ccc(NC[C@@H]3CCCN3)c(Oc3ccc(OC)cc3)c2)cc1. The van der Waals surface area contributed by atoms with E-state index in [0.717, 1.165) is 41.8 Å². The second kappa shape index (κ2) is 10.1. The van der Waals surface area contributed by atoms with E-state index in [1.807, 2.05) is 66.7 Å². The number of methoxy groups -OCH3 is 2. The third-order valence-corrected chi connectivity index (χ3v) is 5.24. The molecule has 6 nitrogen and oxygen atoms in total. The highest BCUT2D eigenvalue weighted by molar-refractivity contribution is 5.61. The van der Waals surface area contributed by atoms with Gasteiger partial charge in [0.05, 0.1) is 19.9 Å². The van der Waals surface area contributed by atoms with Crippen molar-refractivity contribution in [1.29, 1.82) is 0 Å². The van der Waals surface area contributed by atoms with Gasteiger partial charge in [-0.1, -0.05) is 0 Å². The Labute approximate surface area is 183 Å². The Morgan fingerprint density at radius 2 is 1.35 bits per heavy atom. The molecule has 1 saturated heterocycles. The van der Waals surface area contributed by atoms with Crippen LogP contribution in [0.5, 0.6) is 34.5 Å². The molecule has 6 heteroatoms. The predicted molar refractivity (Wildman–Crippen MR) is 122 cm³/mol. The first-order valence-electron chi connectivity index (χ1n) is 10.5. The molecule has 0 bridgehead atoms. The molecule has 162 valence electrons. The van der Waals surface area contributed by atoms with E-state index in [2.05, 4.69) is 10.6 Å². The van der Waals surface area contributed by atoms with Crippen LogP contribution in [-0.2, 0) is 0 Å². The molecule has 4 rings (SSSR count). The maximum atomic E-state index is 6.20. The predicted octanol–water partition coefficient (Wildman–Crippen LogP) is 5.45. The van der Waals surface area contributed by atoms with E-state index in [9.17, 15) is 0 Å². The maximum absolute atomic E-state index is 6.20. The zero-order valence-electron chi connectivity index (χ0n) is 17.9. The molecule has 0 spiro atoms. The number of nitrogens with one attached hydrogen (secondary N) is 2. The number of ether oxygens (including phenoxy) is 4. The Morgan fingerprint density at radius 1 is 0.774 bits per heavy atom. The topological polar surface area (TPSA) is 61.0 Å². The van der Waals surface area contributed by atoms with Crippen molar-refractivity contribution < 1.29 is 18.9 Å². The maximum Gasteiger partial charge on any atom is 0.154 e. The van der Waals surface area contributed by atoms with E-state index < -0.39 is 0 Å². The lowest BCUT2D eigenvalue weighted by molar-refractivity contribution is 0.412. The molecule has 1 atom stereocenters. The number of hydrogen-bond donors (Lipinski definition) is 2. The van der Waals surface area contributed by atoms with Crippen LogP contribution >= 0.6 is 0 Å². The highest BCUT2D eigenvalue weighted by Gasteiger charge is 2.15. The minimum absolute atomic E-state index is 0.476. The zero-order valence-corrected chi connectivity index (χ0v) is 17.9. The van der Waals surface area contributed by atoms with Gasteiger partial charge in [-0.05, 0) is 80.1 Å².